The van der Waals surface area contributed by atoms with Crippen molar-refractivity contribution >= 4 is 0 Å². The van der Waals surface area contributed by atoms with Crippen molar-refractivity contribution in [2.75, 3.05) is 0 Å². The average molecular weight is 443 g/mol. The van der Waals surface area contributed by atoms with Crippen LogP contribution in [0.5, 0.6) is 0 Å². The van der Waals surface area contributed by atoms with Gasteiger partial charge in [0.2, 0.25) is 0 Å². The fourth-order valence-corrected chi connectivity index (χ4v) is 2.67. The van der Waals surface area contributed by atoms with E-state index in [2.05, 4.69) is 67.6 Å². The summed E-state index contributed by atoms with van der Waals surface area (Å²) in [6.07, 6.45) is 1.17. The van der Waals surface area contributed by atoms with Crippen molar-refractivity contribution in [3.63, 3.8) is 0 Å². The van der Waals surface area contributed by atoms with Gasteiger partial charge in [-0.05, 0) is 30.4 Å². The minimum Gasteiger partial charge on any atom is -1.00 e. The Balaban J connectivity index is 0.000000810. The van der Waals surface area contributed by atoms with E-state index in [4.69, 9.17) is 0 Å². The van der Waals surface area contributed by atoms with Gasteiger partial charge in [0.15, 0.2) is 0 Å². The Morgan fingerprint density at radius 3 is 1.44 bits per heavy atom. The Morgan fingerprint density at radius 1 is 0.833 bits per heavy atom. The topological polar surface area (TPSA) is 0 Å². The van der Waals surface area contributed by atoms with Gasteiger partial charge < -0.3 is 12.4 Å². The van der Waals surface area contributed by atoms with Crippen LogP contribution in [0.15, 0.2) is 60.7 Å². The quantitative estimate of drug-likeness (QED) is 0.604. The maximum Gasteiger partial charge on any atom is 1.00 e. The zero-order chi connectivity index (χ0) is 11.0. The number of hydrogen-bond donors (Lipinski definition) is 0. The summed E-state index contributed by atoms with van der Waals surface area (Å²) in [6, 6.07) is 21.5. The second-order valence-corrected chi connectivity index (χ2v) is 4.60. The Morgan fingerprint density at radius 2 is 1.17 bits per heavy atom. The van der Waals surface area contributed by atoms with E-state index in [9.17, 15) is 0 Å². The molecule has 0 aromatic heterocycles. The number of halogens is 1. The molecule has 0 N–H and O–H groups in total. The van der Waals surface area contributed by atoms with Crippen LogP contribution < -0.4 is 12.4 Å². The van der Waals surface area contributed by atoms with Gasteiger partial charge in [-0.15, -0.1) is 0 Å². The smallest absolute Gasteiger partial charge is 1.00 e. The van der Waals surface area contributed by atoms with Crippen LogP contribution in [0.25, 0.3) is 0 Å². The molecule has 0 saturated heterocycles. The van der Waals surface area contributed by atoms with Gasteiger partial charge in [0.1, 0.15) is 0 Å². The molecule has 1 atom stereocenters. The Labute approximate surface area is 136 Å². The monoisotopic (exact) mass is 444 g/mol. The van der Waals surface area contributed by atoms with Gasteiger partial charge in [0, 0.05) is 5.41 Å². The van der Waals surface area contributed by atoms with Crippen LogP contribution in [-0.4, -0.2) is 0 Å². The number of benzene rings is 2. The van der Waals surface area contributed by atoms with Crippen molar-refractivity contribution in [3.8, 4) is 0 Å². The van der Waals surface area contributed by atoms with Crippen LogP contribution in [0.1, 0.15) is 17.5 Å². The van der Waals surface area contributed by atoms with Gasteiger partial charge in [0.25, 0.3) is 0 Å². The Kier molecular flexibility index (Phi) is 5.42. The summed E-state index contributed by atoms with van der Waals surface area (Å²) in [6.45, 7) is 4.26. The maximum atomic E-state index is 4.26. The summed E-state index contributed by atoms with van der Waals surface area (Å²) in [5.74, 6) is 0.511. The van der Waals surface area contributed by atoms with E-state index >= 15 is 0 Å². The van der Waals surface area contributed by atoms with Crippen LogP contribution in [0.3, 0.4) is 0 Å². The first-order valence-electron chi connectivity index (χ1n) is 5.78. The summed E-state index contributed by atoms with van der Waals surface area (Å²) >= 11 is 0. The molecular formula is C16H15ClHg. The van der Waals surface area contributed by atoms with Crippen molar-refractivity contribution in [1.29, 1.82) is 0 Å². The largest absolute Gasteiger partial charge is 1.00 e. The van der Waals surface area contributed by atoms with Crippen LogP contribution in [0.4, 0.5) is 0 Å². The van der Waals surface area contributed by atoms with Crippen molar-refractivity contribution in [2.24, 2.45) is 5.92 Å². The van der Waals surface area contributed by atoms with E-state index in [0.717, 1.165) is 0 Å². The molecule has 2 aromatic rings. The first kappa shape index (κ1) is 15.7. The average Bonchev–Trinajstić information content (AvgIpc) is 3.05. The molecule has 1 saturated carbocycles. The molecule has 1 aliphatic carbocycles. The third kappa shape index (κ3) is 2.51. The zero-order valence-corrected chi connectivity index (χ0v) is 16.6. The van der Waals surface area contributed by atoms with E-state index < -0.39 is 0 Å². The molecule has 2 aromatic carbocycles. The maximum absolute atomic E-state index is 4.26. The number of rotatable bonds is 2. The van der Waals surface area contributed by atoms with Crippen molar-refractivity contribution in [2.45, 2.75) is 11.8 Å². The van der Waals surface area contributed by atoms with Gasteiger partial charge in [-0.2, -0.15) is 0 Å². The summed E-state index contributed by atoms with van der Waals surface area (Å²) < 4.78 is 0. The summed E-state index contributed by atoms with van der Waals surface area (Å²) in [5, 5.41) is 0. The predicted octanol–water partition coefficient (Wildman–Crippen LogP) is 0.828. The second-order valence-electron chi connectivity index (χ2n) is 4.60. The normalized spacial score (nSPS) is 19.3. The van der Waals surface area contributed by atoms with Gasteiger partial charge in [-0.3, -0.25) is 0 Å². The second kappa shape index (κ2) is 6.21. The molecule has 1 fully saturated rings. The Bertz CT molecular complexity index is 441. The molecule has 0 bridgehead atoms. The molecule has 1 unspecified atom stereocenters. The molecule has 0 spiro atoms. The van der Waals surface area contributed by atoms with E-state index in [0.29, 0.717) is 5.92 Å². The molecule has 0 amide bonds. The minimum absolute atomic E-state index is 0. The third-order valence-electron chi connectivity index (χ3n) is 3.68. The molecule has 0 aliphatic heterocycles. The van der Waals surface area contributed by atoms with Gasteiger partial charge in [-0.25, -0.2) is 0 Å². The molecule has 2 radical (unpaired) electrons. The molecule has 88 valence electrons. The van der Waals surface area contributed by atoms with Crippen molar-refractivity contribution in [3.05, 3.63) is 78.7 Å². The molecule has 2 heteroatoms. The van der Waals surface area contributed by atoms with Gasteiger partial charge in [0.05, 0.1) is 0 Å². The molecule has 0 nitrogen and oxygen atoms in total. The van der Waals surface area contributed by atoms with Gasteiger partial charge in [-0.1, -0.05) is 60.7 Å². The van der Waals surface area contributed by atoms with E-state index in [1.54, 1.807) is 0 Å². The molecular weight excluding hydrogens is 428 g/mol. The van der Waals surface area contributed by atoms with Gasteiger partial charge >= 0.3 is 27.7 Å². The van der Waals surface area contributed by atoms with E-state index in [1.165, 1.54) is 17.5 Å². The molecule has 18 heavy (non-hydrogen) atoms. The molecule has 0 heterocycles. The third-order valence-corrected chi connectivity index (χ3v) is 3.68. The summed E-state index contributed by atoms with van der Waals surface area (Å²) in [7, 11) is 0. The SMILES string of the molecule is [CH2]C1CC1(c1ccccc1)c1ccccc1.[Cl-].[Hg+]. The summed E-state index contributed by atoms with van der Waals surface area (Å²) in [4.78, 5) is 0. The van der Waals surface area contributed by atoms with E-state index in [-0.39, 0.29) is 45.5 Å². The van der Waals surface area contributed by atoms with Crippen LogP contribution in [-0.2, 0) is 33.1 Å². The standard InChI is InChI=1S/C16H15.ClH.Hg/c1-13-12-16(13,14-8-4-2-5-9-14)15-10-6-3-7-11-15;;/h2-11,13H,1,12H2;1H;/q;;+1/p-1. The number of hydrogen-bond acceptors (Lipinski definition) is 0. The van der Waals surface area contributed by atoms with E-state index in [1.807, 2.05) is 0 Å². The predicted molar refractivity (Wildman–Crippen MR) is 67.1 cm³/mol. The fraction of sp³-hybridized carbons (Fsp3) is 0.188. The van der Waals surface area contributed by atoms with Crippen molar-refractivity contribution in [1.82, 2.24) is 0 Å². The first-order chi connectivity index (χ1) is 7.84. The van der Waals surface area contributed by atoms with Crippen LogP contribution >= 0.6 is 0 Å². The summed E-state index contributed by atoms with van der Waals surface area (Å²) in [5.41, 5.74) is 2.99. The fourth-order valence-electron chi connectivity index (χ4n) is 2.67. The Hall–Kier alpha value is -0.335. The van der Waals surface area contributed by atoms with Crippen LogP contribution in [0.2, 0.25) is 0 Å². The molecule has 3 rings (SSSR count). The molecule has 1 aliphatic rings. The van der Waals surface area contributed by atoms with Crippen molar-refractivity contribution < 1.29 is 40.1 Å². The van der Waals surface area contributed by atoms with Crippen LogP contribution in [0, 0.1) is 12.8 Å². The zero-order valence-electron chi connectivity index (χ0n) is 10.4. The first-order valence-corrected chi connectivity index (χ1v) is 5.78. The minimum atomic E-state index is 0.